The SMILES string of the molecule is CCNC(=NCC1CCN(Cc2ccccc2F)CC1)NC1CCC(=O)NC1. The predicted molar refractivity (Wildman–Crippen MR) is 110 cm³/mol. The van der Waals surface area contributed by atoms with Crippen molar-refractivity contribution in [2.75, 3.05) is 32.7 Å². The first-order valence-electron chi connectivity index (χ1n) is 10.4. The van der Waals surface area contributed by atoms with Gasteiger partial charge in [0.05, 0.1) is 0 Å². The maximum Gasteiger partial charge on any atom is 0.220 e. The Morgan fingerprint density at radius 1 is 1.29 bits per heavy atom. The molecule has 154 valence electrons. The Morgan fingerprint density at radius 3 is 2.75 bits per heavy atom. The van der Waals surface area contributed by atoms with E-state index in [0.29, 0.717) is 25.4 Å². The number of piperidine rings is 2. The Kier molecular flexibility index (Phi) is 7.65. The summed E-state index contributed by atoms with van der Waals surface area (Å²) in [6, 6.07) is 7.27. The van der Waals surface area contributed by atoms with Gasteiger partial charge in [-0.1, -0.05) is 18.2 Å². The Balaban J connectivity index is 1.44. The van der Waals surface area contributed by atoms with Crippen molar-refractivity contribution in [1.82, 2.24) is 20.9 Å². The van der Waals surface area contributed by atoms with Crippen LogP contribution in [0.4, 0.5) is 4.39 Å². The largest absolute Gasteiger partial charge is 0.357 e. The summed E-state index contributed by atoms with van der Waals surface area (Å²) in [6.07, 6.45) is 3.57. The number of rotatable bonds is 6. The topological polar surface area (TPSA) is 68.8 Å². The zero-order chi connectivity index (χ0) is 19.8. The first kappa shape index (κ1) is 20.6. The number of carbonyl (C=O) groups is 1. The van der Waals surface area contributed by atoms with Gasteiger partial charge in [-0.15, -0.1) is 0 Å². The van der Waals surface area contributed by atoms with E-state index in [1.54, 1.807) is 6.07 Å². The minimum Gasteiger partial charge on any atom is -0.357 e. The first-order chi connectivity index (χ1) is 13.6. The van der Waals surface area contributed by atoms with Crippen molar-refractivity contribution >= 4 is 11.9 Å². The molecular weight excluding hydrogens is 357 g/mol. The molecule has 3 rings (SSSR count). The van der Waals surface area contributed by atoms with Crippen molar-refractivity contribution in [3.63, 3.8) is 0 Å². The molecule has 28 heavy (non-hydrogen) atoms. The number of nitrogens with one attached hydrogen (secondary N) is 3. The summed E-state index contributed by atoms with van der Waals surface area (Å²) in [6.45, 7) is 6.95. The molecular formula is C21H32FN5O. The molecule has 0 aliphatic carbocycles. The molecule has 1 aromatic rings. The van der Waals surface area contributed by atoms with Crippen molar-refractivity contribution in [3.8, 4) is 0 Å². The van der Waals surface area contributed by atoms with Gasteiger partial charge in [-0.3, -0.25) is 14.7 Å². The summed E-state index contributed by atoms with van der Waals surface area (Å²) >= 11 is 0. The predicted octanol–water partition coefficient (Wildman–Crippen LogP) is 1.87. The number of likely N-dealkylation sites (tertiary alicyclic amines) is 1. The van der Waals surface area contributed by atoms with Gasteiger partial charge in [0, 0.05) is 44.2 Å². The van der Waals surface area contributed by atoms with Crippen molar-refractivity contribution in [3.05, 3.63) is 35.6 Å². The second kappa shape index (κ2) is 10.4. The molecule has 0 aromatic heterocycles. The average Bonchev–Trinajstić information content (AvgIpc) is 2.71. The third kappa shape index (κ3) is 6.19. The standard InChI is InChI=1S/C21H32FN5O/c1-2-23-21(26-18-7-8-20(28)24-14-18)25-13-16-9-11-27(12-10-16)15-17-5-3-4-6-19(17)22/h3-6,16,18H,2,7-15H2,1H3,(H,24,28)(H2,23,25,26). The Bertz CT molecular complexity index is 663. The molecule has 1 amide bonds. The van der Waals surface area contributed by atoms with E-state index < -0.39 is 0 Å². The smallest absolute Gasteiger partial charge is 0.220 e. The number of hydrogen-bond acceptors (Lipinski definition) is 3. The fourth-order valence-electron chi connectivity index (χ4n) is 3.78. The molecule has 1 unspecified atom stereocenters. The molecule has 0 saturated carbocycles. The molecule has 1 aromatic carbocycles. The highest BCUT2D eigenvalue weighted by molar-refractivity contribution is 5.81. The van der Waals surface area contributed by atoms with Crippen LogP contribution in [0.2, 0.25) is 0 Å². The van der Waals surface area contributed by atoms with Crippen LogP contribution in [-0.2, 0) is 11.3 Å². The highest BCUT2D eigenvalue weighted by Crippen LogP contribution is 2.20. The number of guanidine groups is 1. The number of aliphatic imine (C=N–C) groups is 1. The van der Waals surface area contributed by atoms with Crippen LogP contribution in [0.5, 0.6) is 0 Å². The van der Waals surface area contributed by atoms with E-state index in [1.165, 1.54) is 6.07 Å². The number of benzene rings is 1. The molecule has 0 bridgehead atoms. The van der Waals surface area contributed by atoms with Crippen molar-refractivity contribution in [1.29, 1.82) is 0 Å². The second-order valence-electron chi connectivity index (χ2n) is 7.71. The third-order valence-electron chi connectivity index (χ3n) is 5.52. The molecule has 2 fully saturated rings. The van der Waals surface area contributed by atoms with Crippen LogP contribution in [0.15, 0.2) is 29.3 Å². The fourth-order valence-corrected chi connectivity index (χ4v) is 3.78. The van der Waals surface area contributed by atoms with Gasteiger partial charge in [-0.2, -0.15) is 0 Å². The normalized spacial score (nSPS) is 22.0. The molecule has 0 spiro atoms. The molecule has 2 saturated heterocycles. The van der Waals surface area contributed by atoms with Crippen molar-refractivity contribution < 1.29 is 9.18 Å². The molecule has 2 heterocycles. The van der Waals surface area contributed by atoms with E-state index in [-0.39, 0.29) is 17.8 Å². The molecule has 2 aliphatic rings. The highest BCUT2D eigenvalue weighted by Gasteiger charge is 2.21. The minimum absolute atomic E-state index is 0.116. The van der Waals surface area contributed by atoms with Crippen LogP contribution in [0.1, 0.15) is 38.2 Å². The third-order valence-corrected chi connectivity index (χ3v) is 5.52. The van der Waals surface area contributed by atoms with Gasteiger partial charge in [0.1, 0.15) is 5.82 Å². The summed E-state index contributed by atoms with van der Waals surface area (Å²) in [5.41, 5.74) is 0.775. The maximum atomic E-state index is 13.8. The molecule has 2 aliphatic heterocycles. The molecule has 7 heteroatoms. The highest BCUT2D eigenvalue weighted by atomic mass is 19.1. The lowest BCUT2D eigenvalue weighted by Gasteiger charge is -2.31. The Morgan fingerprint density at radius 2 is 2.07 bits per heavy atom. The van der Waals surface area contributed by atoms with Gasteiger partial charge < -0.3 is 16.0 Å². The van der Waals surface area contributed by atoms with Crippen molar-refractivity contribution in [2.24, 2.45) is 10.9 Å². The Hall–Kier alpha value is -2.15. The lowest BCUT2D eigenvalue weighted by Crippen LogP contribution is -2.51. The maximum absolute atomic E-state index is 13.8. The fraction of sp³-hybridized carbons (Fsp3) is 0.619. The summed E-state index contributed by atoms with van der Waals surface area (Å²) in [5.74, 6) is 1.40. The van der Waals surface area contributed by atoms with E-state index in [2.05, 4.69) is 27.8 Å². The van der Waals surface area contributed by atoms with Crippen LogP contribution in [0.3, 0.4) is 0 Å². The van der Waals surface area contributed by atoms with E-state index >= 15 is 0 Å². The lowest BCUT2D eigenvalue weighted by molar-refractivity contribution is -0.122. The Labute approximate surface area is 167 Å². The average molecular weight is 390 g/mol. The van der Waals surface area contributed by atoms with E-state index in [0.717, 1.165) is 57.0 Å². The van der Waals surface area contributed by atoms with Crippen LogP contribution in [0.25, 0.3) is 0 Å². The number of amides is 1. The van der Waals surface area contributed by atoms with Gasteiger partial charge in [0.15, 0.2) is 5.96 Å². The number of halogens is 1. The minimum atomic E-state index is -0.116. The number of nitrogens with zero attached hydrogens (tertiary/aromatic N) is 2. The van der Waals surface area contributed by atoms with Crippen molar-refractivity contribution in [2.45, 2.75) is 45.2 Å². The molecule has 3 N–H and O–H groups in total. The van der Waals surface area contributed by atoms with Gasteiger partial charge in [0.2, 0.25) is 5.91 Å². The zero-order valence-electron chi connectivity index (χ0n) is 16.7. The van der Waals surface area contributed by atoms with Crippen LogP contribution in [0, 0.1) is 11.7 Å². The molecule has 6 nitrogen and oxygen atoms in total. The summed E-state index contributed by atoms with van der Waals surface area (Å²) in [4.78, 5) is 18.4. The summed E-state index contributed by atoms with van der Waals surface area (Å²) in [7, 11) is 0. The van der Waals surface area contributed by atoms with E-state index in [4.69, 9.17) is 4.99 Å². The van der Waals surface area contributed by atoms with Crippen LogP contribution >= 0.6 is 0 Å². The zero-order valence-corrected chi connectivity index (χ0v) is 16.7. The second-order valence-corrected chi connectivity index (χ2v) is 7.71. The molecule has 0 radical (unpaired) electrons. The lowest BCUT2D eigenvalue weighted by atomic mass is 9.96. The van der Waals surface area contributed by atoms with Crippen LogP contribution in [-0.4, -0.2) is 55.5 Å². The first-order valence-corrected chi connectivity index (χ1v) is 10.4. The number of carbonyl (C=O) groups excluding carboxylic acids is 1. The quantitative estimate of drug-likeness (QED) is 0.513. The summed E-state index contributed by atoms with van der Waals surface area (Å²) < 4.78 is 13.8. The number of hydrogen-bond donors (Lipinski definition) is 3. The van der Waals surface area contributed by atoms with Crippen LogP contribution < -0.4 is 16.0 Å². The van der Waals surface area contributed by atoms with Gasteiger partial charge >= 0.3 is 0 Å². The van der Waals surface area contributed by atoms with E-state index in [1.807, 2.05) is 12.1 Å². The van der Waals surface area contributed by atoms with Gasteiger partial charge in [-0.05, 0) is 51.3 Å². The monoisotopic (exact) mass is 389 g/mol. The molecule has 1 atom stereocenters. The van der Waals surface area contributed by atoms with E-state index in [9.17, 15) is 9.18 Å². The van der Waals surface area contributed by atoms with Gasteiger partial charge in [-0.25, -0.2) is 4.39 Å². The van der Waals surface area contributed by atoms with Gasteiger partial charge in [0.25, 0.3) is 0 Å². The summed E-state index contributed by atoms with van der Waals surface area (Å²) in [5, 5.41) is 9.64.